The minimum absolute atomic E-state index is 0.851. The Morgan fingerprint density at radius 1 is 0.857 bits per heavy atom. The molecule has 0 fully saturated rings. The Kier molecular flexibility index (Phi) is 4.47. The Morgan fingerprint density at radius 3 is 2.43 bits per heavy atom. The highest BCUT2D eigenvalue weighted by molar-refractivity contribution is 5.70. The lowest BCUT2D eigenvalue weighted by Gasteiger charge is -2.26. The maximum absolute atomic E-state index is 5.67. The van der Waals surface area contributed by atoms with Crippen LogP contribution in [0.5, 0.6) is 0 Å². The third kappa shape index (κ3) is 3.35. The molecule has 0 spiro atoms. The molecule has 0 saturated carbocycles. The third-order valence-electron chi connectivity index (χ3n) is 5.30. The molecule has 1 aliphatic rings. The van der Waals surface area contributed by atoms with Crippen molar-refractivity contribution in [1.29, 1.82) is 0 Å². The Morgan fingerprint density at radius 2 is 1.64 bits per heavy atom. The number of pyridine rings is 1. The highest BCUT2D eigenvalue weighted by Gasteiger charge is 2.25. The molecule has 4 heteroatoms. The lowest BCUT2D eigenvalue weighted by atomic mass is 9.98. The van der Waals surface area contributed by atoms with Gasteiger partial charge in [0, 0.05) is 49.6 Å². The van der Waals surface area contributed by atoms with Crippen LogP contribution in [0.1, 0.15) is 16.9 Å². The molecule has 5 rings (SSSR count). The number of benzene rings is 2. The predicted molar refractivity (Wildman–Crippen MR) is 109 cm³/mol. The SMILES string of the molecule is c1ccc(-c2ccc(-c3noc4c3CN(Cc3cccnc3)CC4)cc2)cc1. The summed E-state index contributed by atoms with van der Waals surface area (Å²) < 4.78 is 5.67. The molecule has 4 aromatic rings. The molecule has 2 aromatic heterocycles. The summed E-state index contributed by atoms with van der Waals surface area (Å²) in [6.07, 6.45) is 4.64. The molecule has 0 bridgehead atoms. The number of rotatable bonds is 4. The molecule has 1 aliphatic heterocycles. The van der Waals surface area contributed by atoms with Gasteiger partial charge < -0.3 is 4.52 Å². The summed E-state index contributed by atoms with van der Waals surface area (Å²) in [6.45, 7) is 2.72. The largest absolute Gasteiger partial charge is 0.360 e. The number of hydrogen-bond donors (Lipinski definition) is 0. The van der Waals surface area contributed by atoms with Gasteiger partial charge in [-0.15, -0.1) is 0 Å². The Balaban J connectivity index is 1.39. The number of fused-ring (bicyclic) bond motifs is 1. The summed E-state index contributed by atoms with van der Waals surface area (Å²) in [4.78, 5) is 6.65. The van der Waals surface area contributed by atoms with Gasteiger partial charge in [0.1, 0.15) is 11.5 Å². The van der Waals surface area contributed by atoms with E-state index in [0.29, 0.717) is 0 Å². The highest BCUT2D eigenvalue weighted by Crippen LogP contribution is 2.31. The quantitative estimate of drug-likeness (QED) is 0.511. The zero-order valence-electron chi connectivity index (χ0n) is 15.6. The summed E-state index contributed by atoms with van der Waals surface area (Å²) in [5.74, 6) is 1.02. The van der Waals surface area contributed by atoms with Gasteiger partial charge in [0.2, 0.25) is 0 Å². The minimum Gasteiger partial charge on any atom is -0.360 e. The second-order valence-electron chi connectivity index (χ2n) is 7.20. The van der Waals surface area contributed by atoms with Crippen LogP contribution in [0.2, 0.25) is 0 Å². The van der Waals surface area contributed by atoms with E-state index in [1.807, 2.05) is 24.5 Å². The molecular formula is C24H21N3O. The molecule has 28 heavy (non-hydrogen) atoms. The molecule has 0 saturated heterocycles. The van der Waals surface area contributed by atoms with Gasteiger partial charge in [0.05, 0.1) is 0 Å². The van der Waals surface area contributed by atoms with Gasteiger partial charge in [0.25, 0.3) is 0 Å². The van der Waals surface area contributed by atoms with Gasteiger partial charge in [-0.3, -0.25) is 9.88 Å². The zero-order valence-corrected chi connectivity index (χ0v) is 15.6. The number of hydrogen-bond acceptors (Lipinski definition) is 4. The Bertz CT molecular complexity index is 1060. The maximum atomic E-state index is 5.67. The van der Waals surface area contributed by atoms with Crippen LogP contribution in [0.25, 0.3) is 22.4 Å². The Hall–Kier alpha value is -3.24. The molecule has 4 nitrogen and oxygen atoms in total. The number of aromatic nitrogens is 2. The lowest BCUT2D eigenvalue weighted by molar-refractivity contribution is 0.228. The van der Waals surface area contributed by atoms with E-state index in [1.54, 1.807) is 0 Å². The van der Waals surface area contributed by atoms with Gasteiger partial charge in [-0.2, -0.15) is 0 Å². The van der Waals surface area contributed by atoms with E-state index in [-0.39, 0.29) is 0 Å². The fourth-order valence-electron chi connectivity index (χ4n) is 3.83. The molecule has 0 aliphatic carbocycles. The third-order valence-corrected chi connectivity index (χ3v) is 5.30. The van der Waals surface area contributed by atoms with E-state index in [2.05, 4.69) is 69.6 Å². The first-order valence-corrected chi connectivity index (χ1v) is 9.61. The van der Waals surface area contributed by atoms with Crippen LogP contribution in [0, 0.1) is 0 Å². The molecule has 0 unspecified atom stereocenters. The smallest absolute Gasteiger partial charge is 0.143 e. The average molecular weight is 367 g/mol. The van der Waals surface area contributed by atoms with Crippen molar-refractivity contribution in [3.8, 4) is 22.4 Å². The van der Waals surface area contributed by atoms with Gasteiger partial charge in [0.15, 0.2) is 0 Å². The maximum Gasteiger partial charge on any atom is 0.143 e. The van der Waals surface area contributed by atoms with Crippen molar-refractivity contribution in [3.63, 3.8) is 0 Å². The molecule has 0 atom stereocenters. The summed E-state index contributed by atoms with van der Waals surface area (Å²) in [6, 6.07) is 23.1. The van der Waals surface area contributed by atoms with Crippen LogP contribution in [-0.4, -0.2) is 21.6 Å². The average Bonchev–Trinajstić information content (AvgIpc) is 3.18. The van der Waals surface area contributed by atoms with E-state index in [0.717, 1.165) is 43.1 Å². The van der Waals surface area contributed by atoms with Gasteiger partial charge in [-0.05, 0) is 22.8 Å². The highest BCUT2D eigenvalue weighted by atomic mass is 16.5. The van der Waals surface area contributed by atoms with Crippen LogP contribution in [-0.2, 0) is 19.5 Å². The van der Waals surface area contributed by atoms with Gasteiger partial charge in [-0.25, -0.2) is 0 Å². The molecule has 0 radical (unpaired) electrons. The minimum atomic E-state index is 0.851. The van der Waals surface area contributed by atoms with E-state index >= 15 is 0 Å². The van der Waals surface area contributed by atoms with Crippen LogP contribution in [0.15, 0.2) is 83.6 Å². The summed E-state index contributed by atoms with van der Waals surface area (Å²) in [5.41, 5.74) is 6.94. The van der Waals surface area contributed by atoms with Crippen molar-refractivity contribution in [2.75, 3.05) is 6.54 Å². The standard InChI is InChI=1S/C24H21N3O/c1-2-6-19(7-3-1)20-8-10-21(11-9-20)24-22-17-27(14-12-23(22)28-26-24)16-18-5-4-13-25-15-18/h1-11,13,15H,12,14,16-17H2. The normalized spacial score (nSPS) is 14.0. The first kappa shape index (κ1) is 16.9. The lowest BCUT2D eigenvalue weighted by Crippen LogP contribution is -2.29. The second kappa shape index (κ2) is 7.41. The topological polar surface area (TPSA) is 42.2 Å². The number of nitrogens with zero attached hydrogens (tertiary/aromatic N) is 3. The van der Waals surface area contributed by atoms with Crippen molar-refractivity contribution >= 4 is 0 Å². The van der Waals surface area contributed by atoms with Crippen LogP contribution >= 0.6 is 0 Å². The first-order valence-electron chi connectivity index (χ1n) is 9.61. The molecule has 3 heterocycles. The molecule has 138 valence electrons. The second-order valence-corrected chi connectivity index (χ2v) is 7.20. The molecule has 0 N–H and O–H groups in total. The van der Waals surface area contributed by atoms with Crippen LogP contribution in [0.3, 0.4) is 0 Å². The molecular weight excluding hydrogens is 346 g/mol. The summed E-state index contributed by atoms with van der Waals surface area (Å²) in [5, 5.41) is 4.40. The summed E-state index contributed by atoms with van der Waals surface area (Å²) >= 11 is 0. The van der Waals surface area contributed by atoms with Crippen molar-refractivity contribution in [2.24, 2.45) is 0 Å². The monoisotopic (exact) mass is 367 g/mol. The fraction of sp³-hybridized carbons (Fsp3) is 0.167. The fourth-order valence-corrected chi connectivity index (χ4v) is 3.83. The van der Waals surface area contributed by atoms with E-state index in [1.165, 1.54) is 22.3 Å². The van der Waals surface area contributed by atoms with Crippen LogP contribution < -0.4 is 0 Å². The Labute approximate surface area is 164 Å². The van der Waals surface area contributed by atoms with E-state index in [9.17, 15) is 0 Å². The predicted octanol–water partition coefficient (Wildman–Crippen LogP) is 4.96. The van der Waals surface area contributed by atoms with Crippen molar-refractivity contribution in [1.82, 2.24) is 15.0 Å². The summed E-state index contributed by atoms with van der Waals surface area (Å²) in [7, 11) is 0. The van der Waals surface area contributed by atoms with Crippen molar-refractivity contribution in [2.45, 2.75) is 19.5 Å². The molecule has 0 amide bonds. The molecule has 2 aromatic carbocycles. The van der Waals surface area contributed by atoms with E-state index < -0.39 is 0 Å². The van der Waals surface area contributed by atoms with Gasteiger partial charge >= 0.3 is 0 Å². The van der Waals surface area contributed by atoms with Gasteiger partial charge in [-0.1, -0.05) is 65.8 Å². The van der Waals surface area contributed by atoms with Crippen molar-refractivity contribution in [3.05, 3.63) is 96.0 Å². The van der Waals surface area contributed by atoms with E-state index in [4.69, 9.17) is 4.52 Å². The first-order chi connectivity index (χ1) is 13.9. The zero-order chi connectivity index (χ0) is 18.8. The van der Waals surface area contributed by atoms with Crippen molar-refractivity contribution < 1.29 is 4.52 Å². The van der Waals surface area contributed by atoms with Crippen LogP contribution in [0.4, 0.5) is 0 Å².